The fourth-order valence-electron chi connectivity index (χ4n) is 1.63. The maximum absolute atomic E-state index is 11.8. The van der Waals surface area contributed by atoms with E-state index in [2.05, 4.69) is 10.3 Å². The summed E-state index contributed by atoms with van der Waals surface area (Å²) in [5.74, 6) is -0.0635. The average Bonchev–Trinajstić information content (AvgIpc) is 2.77. The van der Waals surface area contributed by atoms with Gasteiger partial charge in [0.05, 0.1) is 12.2 Å². The van der Waals surface area contributed by atoms with Crippen molar-refractivity contribution in [3.63, 3.8) is 0 Å². The van der Waals surface area contributed by atoms with Crippen molar-refractivity contribution in [2.45, 2.75) is 6.54 Å². The van der Waals surface area contributed by atoms with Crippen molar-refractivity contribution in [3.8, 4) is 0 Å². The summed E-state index contributed by atoms with van der Waals surface area (Å²) in [5.41, 5.74) is 0.582. The Labute approximate surface area is 108 Å². The zero-order valence-electron chi connectivity index (χ0n) is 10.2. The highest BCUT2D eigenvalue weighted by atomic mass is 32.1. The molecular weight excluding hydrogens is 252 g/mol. The van der Waals surface area contributed by atoms with Crippen molar-refractivity contribution < 1.29 is 4.79 Å². The molecule has 7 heteroatoms. The zero-order chi connectivity index (χ0) is 13.1. The van der Waals surface area contributed by atoms with Gasteiger partial charge in [0, 0.05) is 31.2 Å². The lowest BCUT2D eigenvalue weighted by atomic mass is 10.3. The predicted molar refractivity (Wildman–Crippen MR) is 69.7 cm³/mol. The van der Waals surface area contributed by atoms with Gasteiger partial charge in [-0.05, 0) is 7.05 Å². The third kappa shape index (κ3) is 2.74. The molecule has 96 valence electrons. The van der Waals surface area contributed by atoms with Gasteiger partial charge in [0.2, 0.25) is 5.91 Å². The number of fused-ring (bicyclic) bond motifs is 1. The van der Waals surface area contributed by atoms with Crippen LogP contribution in [0.4, 0.5) is 0 Å². The summed E-state index contributed by atoms with van der Waals surface area (Å²) in [4.78, 5) is 29.8. The van der Waals surface area contributed by atoms with Crippen LogP contribution in [0.1, 0.15) is 5.69 Å². The molecule has 0 spiro atoms. The molecule has 6 nitrogen and oxygen atoms in total. The molecule has 1 amide bonds. The molecule has 2 heterocycles. The van der Waals surface area contributed by atoms with Crippen molar-refractivity contribution >= 4 is 22.2 Å². The van der Waals surface area contributed by atoms with E-state index in [4.69, 9.17) is 0 Å². The minimum absolute atomic E-state index is 0.0635. The Balaban J connectivity index is 2.16. The fraction of sp³-hybridized carbons (Fsp3) is 0.364. The summed E-state index contributed by atoms with van der Waals surface area (Å²) >= 11 is 1.42. The molecule has 0 aromatic carbocycles. The SMILES string of the molecule is CNC(=O)CN(C)Cc1cc(=O)n2ccsc2n1. The number of likely N-dealkylation sites (N-methyl/N-ethyl adjacent to an activating group) is 2. The van der Waals surface area contributed by atoms with Crippen LogP contribution in [0.25, 0.3) is 4.96 Å². The van der Waals surface area contributed by atoms with Gasteiger partial charge in [-0.15, -0.1) is 11.3 Å². The molecule has 0 aliphatic rings. The molecule has 0 saturated carbocycles. The molecule has 2 aromatic heterocycles. The Morgan fingerprint density at radius 3 is 3.11 bits per heavy atom. The van der Waals surface area contributed by atoms with Crippen LogP contribution in [-0.2, 0) is 11.3 Å². The lowest BCUT2D eigenvalue weighted by Gasteiger charge is -2.14. The third-order valence-corrected chi connectivity index (χ3v) is 3.24. The number of nitrogens with zero attached hydrogens (tertiary/aromatic N) is 3. The Morgan fingerprint density at radius 2 is 2.39 bits per heavy atom. The molecule has 0 atom stereocenters. The highest BCUT2D eigenvalue weighted by Crippen LogP contribution is 2.07. The Bertz CT molecular complexity index is 619. The molecule has 2 aromatic rings. The van der Waals surface area contributed by atoms with Gasteiger partial charge in [0.15, 0.2) is 4.96 Å². The van der Waals surface area contributed by atoms with Crippen molar-refractivity contribution in [2.24, 2.45) is 0 Å². The maximum atomic E-state index is 11.8. The first-order valence-corrected chi connectivity index (χ1v) is 6.33. The van der Waals surface area contributed by atoms with Gasteiger partial charge in [-0.3, -0.25) is 18.9 Å². The third-order valence-electron chi connectivity index (χ3n) is 2.48. The van der Waals surface area contributed by atoms with Gasteiger partial charge < -0.3 is 5.32 Å². The van der Waals surface area contributed by atoms with Crippen LogP contribution in [0.3, 0.4) is 0 Å². The van der Waals surface area contributed by atoms with Crippen LogP contribution in [0.15, 0.2) is 22.4 Å². The zero-order valence-corrected chi connectivity index (χ0v) is 11.0. The summed E-state index contributed by atoms with van der Waals surface area (Å²) in [6, 6.07) is 1.50. The molecule has 0 radical (unpaired) electrons. The maximum Gasteiger partial charge on any atom is 0.258 e. The molecule has 0 unspecified atom stereocenters. The second-order valence-electron chi connectivity index (χ2n) is 3.99. The first kappa shape index (κ1) is 12.7. The number of carbonyl (C=O) groups is 1. The standard InChI is InChI=1S/C11H14N4O2S/c1-12-9(16)7-14(2)6-8-5-10(17)15-3-4-18-11(15)13-8/h3-5H,6-7H2,1-2H3,(H,12,16). The smallest absolute Gasteiger partial charge is 0.258 e. The van der Waals surface area contributed by atoms with Crippen molar-refractivity contribution in [2.75, 3.05) is 20.6 Å². The van der Waals surface area contributed by atoms with Crippen LogP contribution in [0.5, 0.6) is 0 Å². The highest BCUT2D eigenvalue weighted by Gasteiger charge is 2.08. The second-order valence-corrected chi connectivity index (χ2v) is 4.86. The normalized spacial score (nSPS) is 11.1. The number of aromatic nitrogens is 2. The molecule has 0 aliphatic carbocycles. The molecule has 2 rings (SSSR count). The van der Waals surface area contributed by atoms with E-state index in [0.29, 0.717) is 17.2 Å². The molecule has 1 N–H and O–H groups in total. The predicted octanol–water partition coefficient (Wildman–Crippen LogP) is -0.0662. The largest absolute Gasteiger partial charge is 0.358 e. The summed E-state index contributed by atoms with van der Waals surface area (Å²) in [5, 5.41) is 4.37. The van der Waals surface area contributed by atoms with Crippen LogP contribution >= 0.6 is 11.3 Å². The van der Waals surface area contributed by atoms with E-state index in [1.165, 1.54) is 21.8 Å². The number of carbonyl (C=O) groups excluding carboxylic acids is 1. The lowest BCUT2D eigenvalue weighted by molar-refractivity contribution is -0.121. The topological polar surface area (TPSA) is 66.7 Å². The van der Waals surface area contributed by atoms with E-state index in [-0.39, 0.29) is 18.0 Å². The fourth-order valence-corrected chi connectivity index (χ4v) is 2.36. The second kappa shape index (κ2) is 5.28. The number of hydrogen-bond acceptors (Lipinski definition) is 5. The number of thiazole rings is 1. The summed E-state index contributed by atoms with van der Waals surface area (Å²) in [6.45, 7) is 0.749. The Kier molecular flexibility index (Phi) is 3.73. The number of hydrogen-bond donors (Lipinski definition) is 1. The molecular formula is C11H14N4O2S. The molecule has 0 saturated heterocycles. The van der Waals surface area contributed by atoms with E-state index < -0.39 is 0 Å². The van der Waals surface area contributed by atoms with E-state index in [9.17, 15) is 9.59 Å². The van der Waals surface area contributed by atoms with Crippen molar-refractivity contribution in [3.05, 3.63) is 33.7 Å². The van der Waals surface area contributed by atoms with Crippen LogP contribution in [-0.4, -0.2) is 40.8 Å². The van der Waals surface area contributed by atoms with Gasteiger partial charge in [-0.2, -0.15) is 0 Å². The number of nitrogens with one attached hydrogen (secondary N) is 1. The van der Waals surface area contributed by atoms with Crippen LogP contribution in [0, 0.1) is 0 Å². The molecule has 0 aliphatic heterocycles. The van der Waals surface area contributed by atoms with Gasteiger partial charge in [0.1, 0.15) is 0 Å². The molecule has 0 fully saturated rings. The summed E-state index contributed by atoms with van der Waals surface area (Å²) in [7, 11) is 3.41. The van der Waals surface area contributed by atoms with E-state index in [1.54, 1.807) is 13.2 Å². The van der Waals surface area contributed by atoms with Gasteiger partial charge in [0.25, 0.3) is 5.56 Å². The highest BCUT2D eigenvalue weighted by molar-refractivity contribution is 7.15. The van der Waals surface area contributed by atoms with E-state index in [1.807, 2.05) is 17.3 Å². The first-order chi connectivity index (χ1) is 8.60. The Morgan fingerprint density at radius 1 is 1.61 bits per heavy atom. The van der Waals surface area contributed by atoms with Crippen LogP contribution < -0.4 is 10.9 Å². The monoisotopic (exact) mass is 266 g/mol. The minimum Gasteiger partial charge on any atom is -0.358 e. The van der Waals surface area contributed by atoms with Crippen molar-refractivity contribution in [1.29, 1.82) is 0 Å². The van der Waals surface area contributed by atoms with Crippen LogP contribution in [0.2, 0.25) is 0 Å². The van der Waals surface area contributed by atoms with Gasteiger partial charge in [-0.25, -0.2) is 4.98 Å². The van der Waals surface area contributed by atoms with E-state index in [0.717, 1.165) is 0 Å². The number of rotatable bonds is 4. The molecule has 18 heavy (non-hydrogen) atoms. The van der Waals surface area contributed by atoms with Gasteiger partial charge >= 0.3 is 0 Å². The Hall–Kier alpha value is -1.73. The quantitative estimate of drug-likeness (QED) is 0.841. The van der Waals surface area contributed by atoms with Crippen molar-refractivity contribution in [1.82, 2.24) is 19.6 Å². The molecule has 0 bridgehead atoms. The summed E-state index contributed by atoms with van der Waals surface area (Å²) in [6.07, 6.45) is 1.70. The average molecular weight is 266 g/mol. The van der Waals surface area contributed by atoms with E-state index >= 15 is 0 Å². The van der Waals surface area contributed by atoms with Gasteiger partial charge in [-0.1, -0.05) is 0 Å². The summed E-state index contributed by atoms with van der Waals surface area (Å²) < 4.78 is 1.51. The number of amides is 1. The lowest BCUT2D eigenvalue weighted by Crippen LogP contribution is -2.33. The minimum atomic E-state index is -0.0930. The first-order valence-electron chi connectivity index (χ1n) is 5.45.